The maximum atomic E-state index is 13.1. The third kappa shape index (κ3) is 5.59. The second-order valence-electron chi connectivity index (χ2n) is 7.26. The van der Waals surface area contributed by atoms with Crippen molar-refractivity contribution in [1.82, 2.24) is 4.72 Å². The van der Waals surface area contributed by atoms with E-state index in [1.807, 2.05) is 13.8 Å². The van der Waals surface area contributed by atoms with Crippen molar-refractivity contribution >= 4 is 38.9 Å². The molecule has 1 aromatic rings. The molecular formula is C19H30ClN3O3S. The Morgan fingerprint density at radius 2 is 2.04 bits per heavy atom. The number of carbonyl (C=O) groups excluding carboxylic acids is 1. The standard InChI is InChI=1S/C19H30ClN3O3S/c1-5-13(2)22-27(25,26)18-12-16(21-19(24)15(4)20)9-10-17(18)23-11-7-6-8-14(23)3/h9-10,12-15,22H,5-8,11H2,1-4H3,(H,21,24). The quantitative estimate of drug-likeness (QED) is 0.665. The van der Waals surface area contributed by atoms with E-state index in [4.69, 9.17) is 11.6 Å². The molecule has 0 spiro atoms. The van der Waals surface area contributed by atoms with E-state index in [0.29, 0.717) is 17.8 Å². The van der Waals surface area contributed by atoms with Crippen LogP contribution in [0, 0.1) is 0 Å². The van der Waals surface area contributed by atoms with Crippen molar-refractivity contribution in [2.24, 2.45) is 0 Å². The number of anilines is 2. The van der Waals surface area contributed by atoms with Crippen LogP contribution in [-0.2, 0) is 14.8 Å². The zero-order chi connectivity index (χ0) is 20.2. The summed E-state index contributed by atoms with van der Waals surface area (Å²) in [4.78, 5) is 14.3. The number of benzene rings is 1. The molecule has 0 saturated carbocycles. The van der Waals surface area contributed by atoms with Crippen LogP contribution < -0.4 is 14.9 Å². The van der Waals surface area contributed by atoms with E-state index in [1.165, 1.54) is 6.07 Å². The van der Waals surface area contributed by atoms with Gasteiger partial charge in [-0.2, -0.15) is 0 Å². The van der Waals surface area contributed by atoms with Crippen LogP contribution in [0.5, 0.6) is 0 Å². The molecular weight excluding hydrogens is 386 g/mol. The van der Waals surface area contributed by atoms with Gasteiger partial charge in [0, 0.05) is 24.3 Å². The van der Waals surface area contributed by atoms with Gasteiger partial charge in [-0.05, 0) is 64.7 Å². The molecule has 1 aliphatic heterocycles. The van der Waals surface area contributed by atoms with E-state index in [1.54, 1.807) is 19.1 Å². The fourth-order valence-corrected chi connectivity index (χ4v) is 4.77. The first kappa shape index (κ1) is 22.0. The molecule has 2 N–H and O–H groups in total. The number of nitrogens with one attached hydrogen (secondary N) is 2. The molecule has 1 aromatic carbocycles. The normalized spacial score (nSPS) is 20.2. The molecule has 1 saturated heterocycles. The number of hydrogen-bond donors (Lipinski definition) is 2. The number of piperidine rings is 1. The summed E-state index contributed by atoms with van der Waals surface area (Å²) >= 11 is 5.82. The maximum absolute atomic E-state index is 13.1. The highest BCUT2D eigenvalue weighted by Crippen LogP contribution is 2.33. The van der Waals surface area contributed by atoms with Gasteiger partial charge in [0.2, 0.25) is 15.9 Å². The number of halogens is 1. The highest BCUT2D eigenvalue weighted by Gasteiger charge is 2.27. The van der Waals surface area contributed by atoms with E-state index >= 15 is 0 Å². The monoisotopic (exact) mass is 415 g/mol. The summed E-state index contributed by atoms with van der Waals surface area (Å²) in [5.41, 5.74) is 1.10. The number of carbonyl (C=O) groups is 1. The number of sulfonamides is 1. The first-order valence-corrected chi connectivity index (χ1v) is 11.5. The molecule has 0 aromatic heterocycles. The third-order valence-electron chi connectivity index (χ3n) is 4.96. The summed E-state index contributed by atoms with van der Waals surface area (Å²) in [5, 5.41) is 1.98. The Morgan fingerprint density at radius 1 is 1.33 bits per heavy atom. The summed E-state index contributed by atoms with van der Waals surface area (Å²) in [6, 6.07) is 5.12. The number of nitrogens with zero attached hydrogens (tertiary/aromatic N) is 1. The Morgan fingerprint density at radius 3 is 2.63 bits per heavy atom. The van der Waals surface area contributed by atoms with Crippen LogP contribution in [0.25, 0.3) is 0 Å². The summed E-state index contributed by atoms with van der Waals surface area (Å²) < 4.78 is 28.9. The van der Waals surface area contributed by atoms with Crippen LogP contribution >= 0.6 is 11.6 Å². The lowest BCUT2D eigenvalue weighted by atomic mass is 10.0. The Hall–Kier alpha value is -1.31. The molecule has 0 aliphatic carbocycles. The Labute approximate surface area is 167 Å². The van der Waals surface area contributed by atoms with Gasteiger partial charge in [0.05, 0.1) is 5.69 Å². The molecule has 152 valence electrons. The van der Waals surface area contributed by atoms with Crippen molar-refractivity contribution in [2.75, 3.05) is 16.8 Å². The van der Waals surface area contributed by atoms with Gasteiger partial charge in [-0.25, -0.2) is 13.1 Å². The van der Waals surface area contributed by atoms with Gasteiger partial charge in [-0.1, -0.05) is 6.92 Å². The van der Waals surface area contributed by atoms with Gasteiger partial charge in [0.25, 0.3) is 0 Å². The van der Waals surface area contributed by atoms with Gasteiger partial charge < -0.3 is 10.2 Å². The molecule has 1 fully saturated rings. The highest BCUT2D eigenvalue weighted by atomic mass is 35.5. The van der Waals surface area contributed by atoms with E-state index in [9.17, 15) is 13.2 Å². The lowest BCUT2D eigenvalue weighted by Crippen LogP contribution is -2.39. The molecule has 0 radical (unpaired) electrons. The predicted octanol–water partition coefficient (Wildman–Crippen LogP) is 3.71. The largest absolute Gasteiger partial charge is 0.368 e. The first-order chi connectivity index (χ1) is 12.7. The Balaban J connectivity index is 2.47. The second kappa shape index (κ2) is 9.26. The van der Waals surface area contributed by atoms with Crippen molar-refractivity contribution in [3.05, 3.63) is 18.2 Å². The number of rotatable bonds is 7. The van der Waals surface area contributed by atoms with Crippen LogP contribution in [0.4, 0.5) is 11.4 Å². The van der Waals surface area contributed by atoms with Crippen molar-refractivity contribution < 1.29 is 13.2 Å². The van der Waals surface area contributed by atoms with Crippen molar-refractivity contribution in [2.45, 2.75) is 75.7 Å². The molecule has 1 heterocycles. The predicted molar refractivity (Wildman–Crippen MR) is 111 cm³/mol. The van der Waals surface area contributed by atoms with Crippen molar-refractivity contribution in [3.63, 3.8) is 0 Å². The van der Waals surface area contributed by atoms with Crippen LogP contribution in [0.15, 0.2) is 23.1 Å². The summed E-state index contributed by atoms with van der Waals surface area (Å²) in [6.07, 6.45) is 3.90. The molecule has 1 amide bonds. The first-order valence-electron chi connectivity index (χ1n) is 9.53. The van der Waals surface area contributed by atoms with Crippen LogP contribution in [0.1, 0.15) is 53.4 Å². The molecule has 2 rings (SSSR count). The van der Waals surface area contributed by atoms with Crippen LogP contribution in [-0.4, -0.2) is 38.3 Å². The van der Waals surface area contributed by atoms with Gasteiger partial charge in [0.1, 0.15) is 10.3 Å². The highest BCUT2D eigenvalue weighted by molar-refractivity contribution is 7.89. The summed E-state index contributed by atoms with van der Waals surface area (Å²) in [7, 11) is -3.73. The minimum Gasteiger partial charge on any atom is -0.368 e. The minimum absolute atomic E-state index is 0.178. The van der Waals surface area contributed by atoms with Crippen LogP contribution in [0.3, 0.4) is 0 Å². The molecule has 1 aliphatic rings. The van der Waals surface area contributed by atoms with Gasteiger partial charge >= 0.3 is 0 Å². The fraction of sp³-hybridized carbons (Fsp3) is 0.632. The number of amides is 1. The summed E-state index contributed by atoms with van der Waals surface area (Å²) in [6.45, 7) is 8.27. The van der Waals surface area contributed by atoms with E-state index in [0.717, 1.165) is 25.8 Å². The Bertz CT molecular complexity index is 767. The lowest BCUT2D eigenvalue weighted by molar-refractivity contribution is -0.115. The molecule has 0 bridgehead atoms. The smallest absolute Gasteiger partial charge is 0.242 e. The van der Waals surface area contributed by atoms with E-state index in [2.05, 4.69) is 21.9 Å². The van der Waals surface area contributed by atoms with Gasteiger partial charge in [-0.3, -0.25) is 4.79 Å². The minimum atomic E-state index is -3.73. The Kier molecular flexibility index (Phi) is 7.54. The topological polar surface area (TPSA) is 78.5 Å². The van der Waals surface area contributed by atoms with Crippen molar-refractivity contribution in [1.29, 1.82) is 0 Å². The zero-order valence-corrected chi connectivity index (χ0v) is 18.0. The number of alkyl halides is 1. The molecule has 8 heteroatoms. The summed E-state index contributed by atoms with van der Waals surface area (Å²) in [5.74, 6) is -0.367. The van der Waals surface area contributed by atoms with E-state index in [-0.39, 0.29) is 22.9 Å². The van der Waals surface area contributed by atoms with E-state index < -0.39 is 15.4 Å². The van der Waals surface area contributed by atoms with Gasteiger partial charge in [-0.15, -0.1) is 11.6 Å². The maximum Gasteiger partial charge on any atom is 0.242 e. The van der Waals surface area contributed by atoms with Crippen molar-refractivity contribution in [3.8, 4) is 0 Å². The molecule has 6 nitrogen and oxygen atoms in total. The average Bonchev–Trinajstić information content (AvgIpc) is 2.61. The second-order valence-corrected chi connectivity index (χ2v) is 9.59. The van der Waals surface area contributed by atoms with Crippen LogP contribution in [0.2, 0.25) is 0 Å². The third-order valence-corrected chi connectivity index (χ3v) is 6.78. The molecule has 3 unspecified atom stereocenters. The fourth-order valence-electron chi connectivity index (χ4n) is 3.15. The zero-order valence-electron chi connectivity index (χ0n) is 16.5. The van der Waals surface area contributed by atoms with Gasteiger partial charge in [0.15, 0.2) is 0 Å². The number of hydrogen-bond acceptors (Lipinski definition) is 4. The molecule has 27 heavy (non-hydrogen) atoms. The average molecular weight is 416 g/mol. The molecule has 3 atom stereocenters. The lowest BCUT2D eigenvalue weighted by Gasteiger charge is -2.36. The SMILES string of the molecule is CCC(C)NS(=O)(=O)c1cc(NC(=O)C(C)Cl)ccc1N1CCCCC1C.